The predicted octanol–water partition coefficient (Wildman–Crippen LogP) is 2.07. The normalized spacial score (nSPS) is 23.2. The van der Waals surface area contributed by atoms with Gasteiger partial charge in [-0.15, -0.1) is 0 Å². The van der Waals surface area contributed by atoms with Gasteiger partial charge in [-0.05, 0) is 30.9 Å². The van der Waals surface area contributed by atoms with Crippen LogP contribution < -0.4 is 5.73 Å². The minimum absolute atomic E-state index is 0.317. The van der Waals surface area contributed by atoms with Crippen molar-refractivity contribution in [2.24, 2.45) is 5.73 Å². The Kier molecular flexibility index (Phi) is 5.31. The van der Waals surface area contributed by atoms with Gasteiger partial charge in [0, 0.05) is 44.0 Å². The van der Waals surface area contributed by atoms with Gasteiger partial charge < -0.3 is 5.73 Å². The second kappa shape index (κ2) is 7.22. The van der Waals surface area contributed by atoms with Crippen LogP contribution in [0.4, 0.5) is 0 Å². The number of rotatable bonds is 5. The largest absolute Gasteiger partial charge is 0.328 e. The molecule has 1 fully saturated rings. The highest BCUT2D eigenvalue weighted by Gasteiger charge is 2.24. The van der Waals surface area contributed by atoms with Crippen LogP contribution in [0.2, 0.25) is 0 Å². The minimum atomic E-state index is 0.317. The number of aromatic nitrogens is 1. The average Bonchev–Trinajstić information content (AvgIpc) is 2.44. The molecule has 2 N–H and O–H groups in total. The molecule has 1 aliphatic rings. The van der Waals surface area contributed by atoms with Crippen molar-refractivity contribution in [2.75, 3.05) is 6.54 Å². The smallest absolute Gasteiger partial charge is 0.0635 e. The SMILES string of the molecule is N#CCCN(Cc1cccnc1)C1CCCC(N)C1. The first kappa shape index (κ1) is 14.0. The molecular formula is C15H22N4. The van der Waals surface area contributed by atoms with Crippen LogP contribution in [0.3, 0.4) is 0 Å². The van der Waals surface area contributed by atoms with Crippen molar-refractivity contribution >= 4 is 0 Å². The Morgan fingerprint density at radius 3 is 3.05 bits per heavy atom. The Labute approximate surface area is 115 Å². The molecule has 2 atom stereocenters. The Bertz CT molecular complexity index is 412. The van der Waals surface area contributed by atoms with Gasteiger partial charge in [0.1, 0.15) is 0 Å². The Hall–Kier alpha value is -1.44. The zero-order valence-corrected chi connectivity index (χ0v) is 11.3. The lowest BCUT2D eigenvalue weighted by atomic mass is 9.90. The fourth-order valence-electron chi connectivity index (χ4n) is 2.84. The maximum absolute atomic E-state index is 8.82. The van der Waals surface area contributed by atoms with E-state index in [0.717, 1.165) is 25.9 Å². The van der Waals surface area contributed by atoms with Crippen molar-refractivity contribution in [1.29, 1.82) is 5.26 Å². The molecule has 0 aromatic carbocycles. The van der Waals surface area contributed by atoms with E-state index in [4.69, 9.17) is 11.0 Å². The molecule has 19 heavy (non-hydrogen) atoms. The highest BCUT2D eigenvalue weighted by atomic mass is 15.2. The van der Waals surface area contributed by atoms with Crippen molar-refractivity contribution in [1.82, 2.24) is 9.88 Å². The predicted molar refractivity (Wildman–Crippen MR) is 75.1 cm³/mol. The second-order valence-electron chi connectivity index (χ2n) is 5.32. The third kappa shape index (κ3) is 4.30. The molecule has 102 valence electrons. The molecule has 2 rings (SSSR count). The van der Waals surface area contributed by atoms with Crippen molar-refractivity contribution in [3.63, 3.8) is 0 Å². The fourth-order valence-corrected chi connectivity index (χ4v) is 2.84. The van der Waals surface area contributed by atoms with Crippen LogP contribution in [-0.2, 0) is 6.54 Å². The van der Waals surface area contributed by atoms with Gasteiger partial charge in [0.2, 0.25) is 0 Å². The van der Waals surface area contributed by atoms with E-state index in [0.29, 0.717) is 18.5 Å². The summed E-state index contributed by atoms with van der Waals surface area (Å²) in [5.74, 6) is 0. The summed E-state index contributed by atoms with van der Waals surface area (Å²) >= 11 is 0. The van der Waals surface area contributed by atoms with E-state index in [1.807, 2.05) is 12.3 Å². The van der Waals surface area contributed by atoms with Crippen LogP contribution in [0.5, 0.6) is 0 Å². The summed E-state index contributed by atoms with van der Waals surface area (Å²) in [6.07, 6.45) is 8.84. The lowest BCUT2D eigenvalue weighted by molar-refractivity contribution is 0.142. The number of hydrogen-bond acceptors (Lipinski definition) is 4. The molecule has 2 unspecified atom stereocenters. The molecule has 1 saturated carbocycles. The van der Waals surface area contributed by atoms with Crippen LogP contribution >= 0.6 is 0 Å². The van der Waals surface area contributed by atoms with Gasteiger partial charge in [-0.3, -0.25) is 9.88 Å². The molecule has 0 radical (unpaired) electrons. The van der Waals surface area contributed by atoms with Gasteiger partial charge >= 0.3 is 0 Å². The highest BCUT2D eigenvalue weighted by molar-refractivity contribution is 5.08. The topological polar surface area (TPSA) is 65.9 Å². The molecule has 0 spiro atoms. The van der Waals surface area contributed by atoms with E-state index in [1.54, 1.807) is 6.20 Å². The quantitative estimate of drug-likeness (QED) is 0.878. The number of nitriles is 1. The van der Waals surface area contributed by atoms with Crippen LogP contribution in [0.1, 0.15) is 37.7 Å². The lowest BCUT2D eigenvalue weighted by Gasteiger charge is -2.36. The van der Waals surface area contributed by atoms with Crippen LogP contribution in [0.15, 0.2) is 24.5 Å². The standard InChI is InChI=1S/C15H22N4/c16-7-3-9-19(12-13-4-2-8-18-11-13)15-6-1-5-14(17)10-15/h2,4,8,11,14-15H,1,3,5-6,9-10,12,17H2. The molecule has 4 heteroatoms. The minimum Gasteiger partial charge on any atom is -0.328 e. The summed E-state index contributed by atoms with van der Waals surface area (Å²) in [7, 11) is 0. The van der Waals surface area contributed by atoms with Gasteiger partial charge in [0.15, 0.2) is 0 Å². The van der Waals surface area contributed by atoms with E-state index in [1.165, 1.54) is 18.4 Å². The number of pyridine rings is 1. The molecule has 1 aromatic heterocycles. The summed E-state index contributed by atoms with van der Waals surface area (Å²) in [4.78, 5) is 6.56. The number of nitrogens with two attached hydrogens (primary N) is 1. The molecule has 4 nitrogen and oxygen atoms in total. The first-order chi connectivity index (χ1) is 9.29. The van der Waals surface area contributed by atoms with Crippen molar-refractivity contribution in [3.8, 4) is 6.07 Å². The molecule has 1 aromatic rings. The third-order valence-electron chi connectivity index (χ3n) is 3.82. The molecule has 0 aliphatic heterocycles. The van der Waals surface area contributed by atoms with Crippen molar-refractivity contribution in [3.05, 3.63) is 30.1 Å². The van der Waals surface area contributed by atoms with Crippen LogP contribution in [0, 0.1) is 11.3 Å². The average molecular weight is 258 g/mol. The molecule has 0 amide bonds. The van der Waals surface area contributed by atoms with Crippen LogP contribution in [0.25, 0.3) is 0 Å². The van der Waals surface area contributed by atoms with Crippen molar-refractivity contribution < 1.29 is 0 Å². The van der Waals surface area contributed by atoms with Crippen molar-refractivity contribution in [2.45, 2.75) is 50.7 Å². The van der Waals surface area contributed by atoms with E-state index in [9.17, 15) is 0 Å². The first-order valence-corrected chi connectivity index (χ1v) is 7.05. The van der Waals surface area contributed by atoms with Crippen LogP contribution in [-0.4, -0.2) is 28.5 Å². The summed E-state index contributed by atoms with van der Waals surface area (Å²) in [6, 6.07) is 7.13. The summed E-state index contributed by atoms with van der Waals surface area (Å²) in [5.41, 5.74) is 7.29. The third-order valence-corrected chi connectivity index (χ3v) is 3.82. The number of hydrogen-bond donors (Lipinski definition) is 1. The van der Waals surface area contributed by atoms with Gasteiger partial charge in [-0.25, -0.2) is 0 Å². The summed E-state index contributed by atoms with van der Waals surface area (Å²) < 4.78 is 0. The maximum atomic E-state index is 8.82. The lowest BCUT2D eigenvalue weighted by Crippen LogP contribution is -2.42. The fraction of sp³-hybridized carbons (Fsp3) is 0.600. The van der Waals surface area contributed by atoms with Gasteiger partial charge in [0.05, 0.1) is 6.07 Å². The summed E-state index contributed by atoms with van der Waals surface area (Å²) in [6.45, 7) is 1.69. The van der Waals surface area contributed by atoms with Gasteiger partial charge in [-0.1, -0.05) is 12.5 Å². The Morgan fingerprint density at radius 1 is 1.47 bits per heavy atom. The van der Waals surface area contributed by atoms with E-state index < -0.39 is 0 Å². The number of nitrogens with zero attached hydrogens (tertiary/aromatic N) is 3. The highest BCUT2D eigenvalue weighted by Crippen LogP contribution is 2.23. The maximum Gasteiger partial charge on any atom is 0.0635 e. The van der Waals surface area contributed by atoms with Gasteiger partial charge in [0.25, 0.3) is 0 Å². The zero-order valence-electron chi connectivity index (χ0n) is 11.3. The summed E-state index contributed by atoms with van der Waals surface area (Å²) in [5, 5.41) is 8.82. The van der Waals surface area contributed by atoms with E-state index in [-0.39, 0.29) is 0 Å². The monoisotopic (exact) mass is 258 g/mol. The van der Waals surface area contributed by atoms with E-state index in [2.05, 4.69) is 22.0 Å². The molecule has 1 heterocycles. The second-order valence-corrected chi connectivity index (χ2v) is 5.32. The first-order valence-electron chi connectivity index (χ1n) is 7.05. The van der Waals surface area contributed by atoms with E-state index >= 15 is 0 Å². The molecule has 0 saturated heterocycles. The molecular weight excluding hydrogens is 236 g/mol. The Balaban J connectivity index is 2.00. The van der Waals surface area contributed by atoms with Gasteiger partial charge in [-0.2, -0.15) is 5.26 Å². The molecule has 0 bridgehead atoms. The zero-order chi connectivity index (χ0) is 13.5. The molecule has 1 aliphatic carbocycles. The Morgan fingerprint density at radius 2 is 2.37 bits per heavy atom.